The van der Waals surface area contributed by atoms with Gasteiger partial charge in [0.2, 0.25) is 0 Å². The van der Waals surface area contributed by atoms with Crippen LogP contribution in [0.5, 0.6) is 0 Å². The van der Waals surface area contributed by atoms with Gasteiger partial charge >= 0.3 is 0 Å². The van der Waals surface area contributed by atoms with Gasteiger partial charge in [0.25, 0.3) is 0 Å². The van der Waals surface area contributed by atoms with E-state index in [2.05, 4.69) is 9.80 Å². The summed E-state index contributed by atoms with van der Waals surface area (Å²) in [6, 6.07) is -0.321. The lowest BCUT2D eigenvalue weighted by Gasteiger charge is -2.45. The fourth-order valence-electron chi connectivity index (χ4n) is 2.93. The first-order valence-corrected chi connectivity index (χ1v) is 6.04. The molecule has 0 aromatic heterocycles. The predicted octanol–water partition coefficient (Wildman–Crippen LogP) is -1.52. The molecule has 0 aromatic carbocycles. The van der Waals surface area contributed by atoms with Gasteiger partial charge in [0, 0.05) is 13.1 Å². The van der Waals surface area contributed by atoms with Crippen molar-refractivity contribution in [2.24, 2.45) is 0 Å². The number of rotatable bonds is 2. The van der Waals surface area contributed by atoms with E-state index in [-0.39, 0.29) is 12.1 Å². The highest BCUT2D eigenvalue weighted by Crippen LogP contribution is 2.29. The molecule has 5 nitrogen and oxygen atoms in total. The van der Waals surface area contributed by atoms with Crippen molar-refractivity contribution in [2.75, 3.05) is 26.7 Å². The molecule has 0 bridgehead atoms. The highest BCUT2D eigenvalue weighted by molar-refractivity contribution is 5.03. The SMILES string of the molecule is CCN(C)[C@H]1CN2CC[C@H](O)[C@@H]2[C@@H](O)[C@@H]1O. The summed E-state index contributed by atoms with van der Waals surface area (Å²) in [7, 11) is 1.95. The van der Waals surface area contributed by atoms with Gasteiger partial charge in [0.1, 0.15) is 0 Å². The van der Waals surface area contributed by atoms with Crippen LogP contribution in [0.15, 0.2) is 0 Å². The molecule has 0 spiro atoms. The van der Waals surface area contributed by atoms with Gasteiger partial charge < -0.3 is 15.3 Å². The number of piperidine rings is 1. The van der Waals surface area contributed by atoms with Gasteiger partial charge in [0.15, 0.2) is 0 Å². The van der Waals surface area contributed by atoms with Crippen molar-refractivity contribution >= 4 is 0 Å². The summed E-state index contributed by atoms with van der Waals surface area (Å²) in [6.07, 6.45) is -1.42. The quantitative estimate of drug-likeness (QED) is 0.537. The highest BCUT2D eigenvalue weighted by atomic mass is 16.3. The molecule has 0 saturated carbocycles. The Morgan fingerprint density at radius 3 is 2.56 bits per heavy atom. The van der Waals surface area contributed by atoms with E-state index in [9.17, 15) is 15.3 Å². The third kappa shape index (κ3) is 1.87. The van der Waals surface area contributed by atoms with E-state index in [1.807, 2.05) is 14.0 Å². The Kier molecular flexibility index (Phi) is 3.51. The molecular weight excluding hydrogens is 208 g/mol. The van der Waals surface area contributed by atoms with Crippen LogP contribution in [-0.4, -0.2) is 82.2 Å². The van der Waals surface area contributed by atoms with E-state index in [4.69, 9.17) is 0 Å². The summed E-state index contributed by atoms with van der Waals surface area (Å²) in [5.74, 6) is 0. The maximum absolute atomic E-state index is 10.1. The summed E-state index contributed by atoms with van der Waals surface area (Å²) in [4.78, 5) is 4.15. The third-order valence-electron chi connectivity index (χ3n) is 4.11. The Morgan fingerprint density at radius 1 is 1.25 bits per heavy atom. The van der Waals surface area contributed by atoms with E-state index >= 15 is 0 Å². The average molecular weight is 230 g/mol. The second-order valence-electron chi connectivity index (χ2n) is 4.96. The van der Waals surface area contributed by atoms with Crippen LogP contribution in [-0.2, 0) is 0 Å². The topological polar surface area (TPSA) is 67.2 Å². The highest BCUT2D eigenvalue weighted by Gasteiger charge is 2.48. The van der Waals surface area contributed by atoms with Gasteiger partial charge in [-0.3, -0.25) is 9.80 Å². The van der Waals surface area contributed by atoms with Crippen molar-refractivity contribution in [1.82, 2.24) is 9.80 Å². The van der Waals surface area contributed by atoms with Crippen molar-refractivity contribution in [3.8, 4) is 0 Å². The minimum atomic E-state index is -0.842. The molecule has 16 heavy (non-hydrogen) atoms. The van der Waals surface area contributed by atoms with Crippen molar-refractivity contribution in [2.45, 2.75) is 43.7 Å². The lowest BCUT2D eigenvalue weighted by Crippen LogP contribution is -2.65. The molecule has 2 aliphatic rings. The molecule has 5 heteroatoms. The molecule has 5 atom stereocenters. The van der Waals surface area contributed by atoms with Crippen LogP contribution in [0.25, 0.3) is 0 Å². The summed E-state index contributed by atoms with van der Waals surface area (Å²) in [5, 5.41) is 29.9. The number of nitrogens with zero attached hydrogens (tertiary/aromatic N) is 2. The van der Waals surface area contributed by atoms with Crippen LogP contribution in [0.4, 0.5) is 0 Å². The monoisotopic (exact) mass is 230 g/mol. The van der Waals surface area contributed by atoms with Crippen LogP contribution in [0.1, 0.15) is 13.3 Å². The molecular formula is C11H22N2O3. The molecule has 2 heterocycles. The maximum atomic E-state index is 10.1. The molecule has 2 saturated heterocycles. The Hall–Kier alpha value is -0.200. The Morgan fingerprint density at radius 2 is 1.94 bits per heavy atom. The maximum Gasteiger partial charge on any atom is 0.0994 e. The van der Waals surface area contributed by atoms with Gasteiger partial charge in [-0.2, -0.15) is 0 Å². The number of hydrogen-bond acceptors (Lipinski definition) is 5. The Balaban J connectivity index is 2.12. The molecule has 0 amide bonds. The van der Waals surface area contributed by atoms with E-state index in [0.29, 0.717) is 6.42 Å². The molecule has 0 radical (unpaired) electrons. The van der Waals surface area contributed by atoms with Crippen LogP contribution in [0, 0.1) is 0 Å². The second-order valence-corrected chi connectivity index (χ2v) is 4.96. The number of fused-ring (bicyclic) bond motifs is 1. The Labute approximate surface area is 96.3 Å². The Bertz CT molecular complexity index is 251. The van der Waals surface area contributed by atoms with E-state index in [1.165, 1.54) is 0 Å². The summed E-state index contributed by atoms with van der Waals surface area (Å²) in [5.41, 5.74) is 0. The van der Waals surface area contributed by atoms with Crippen molar-refractivity contribution in [3.63, 3.8) is 0 Å². The molecule has 0 unspecified atom stereocenters. The lowest BCUT2D eigenvalue weighted by molar-refractivity contribution is -0.121. The van der Waals surface area contributed by atoms with Gasteiger partial charge in [-0.15, -0.1) is 0 Å². The molecule has 2 rings (SSSR count). The number of hydrogen-bond donors (Lipinski definition) is 3. The molecule has 2 fully saturated rings. The number of aliphatic hydroxyl groups is 3. The predicted molar refractivity (Wildman–Crippen MR) is 60.1 cm³/mol. The average Bonchev–Trinajstić information content (AvgIpc) is 2.64. The minimum absolute atomic E-state index is 0.0402. The zero-order valence-electron chi connectivity index (χ0n) is 9.95. The molecule has 2 aliphatic heterocycles. The first-order valence-electron chi connectivity index (χ1n) is 6.04. The second kappa shape index (κ2) is 4.58. The zero-order chi connectivity index (χ0) is 11.9. The third-order valence-corrected chi connectivity index (χ3v) is 4.11. The molecule has 0 aromatic rings. The normalized spacial score (nSPS) is 45.0. The summed E-state index contributed by atoms with van der Waals surface area (Å²) in [6.45, 7) is 4.41. The first kappa shape index (κ1) is 12.3. The fraction of sp³-hybridized carbons (Fsp3) is 1.00. The first-order chi connectivity index (χ1) is 7.56. The fourth-order valence-corrected chi connectivity index (χ4v) is 2.93. The largest absolute Gasteiger partial charge is 0.391 e. The minimum Gasteiger partial charge on any atom is -0.391 e. The summed E-state index contributed by atoms with van der Waals surface area (Å²) >= 11 is 0. The molecule has 3 N–H and O–H groups in total. The number of aliphatic hydroxyl groups excluding tert-OH is 3. The van der Waals surface area contributed by atoms with Crippen LogP contribution >= 0.6 is 0 Å². The zero-order valence-corrected chi connectivity index (χ0v) is 9.95. The van der Waals surface area contributed by atoms with E-state index in [1.54, 1.807) is 0 Å². The van der Waals surface area contributed by atoms with Crippen LogP contribution in [0.3, 0.4) is 0 Å². The van der Waals surface area contributed by atoms with Gasteiger partial charge in [-0.1, -0.05) is 6.92 Å². The molecule has 94 valence electrons. The summed E-state index contributed by atoms with van der Waals surface area (Å²) < 4.78 is 0. The van der Waals surface area contributed by atoms with Gasteiger partial charge in [0.05, 0.1) is 30.4 Å². The van der Waals surface area contributed by atoms with Crippen LogP contribution in [0.2, 0.25) is 0 Å². The smallest absolute Gasteiger partial charge is 0.0994 e. The lowest BCUT2D eigenvalue weighted by atomic mass is 9.90. The van der Waals surface area contributed by atoms with E-state index < -0.39 is 18.3 Å². The van der Waals surface area contributed by atoms with Gasteiger partial charge in [-0.05, 0) is 20.0 Å². The van der Waals surface area contributed by atoms with Gasteiger partial charge in [-0.25, -0.2) is 0 Å². The standard InChI is InChI=1S/C11H22N2O3/c1-3-12(2)7-6-13-5-4-8(14)9(13)11(16)10(7)15/h7-11,14-16H,3-6H2,1-2H3/t7-,8-,9+,10+,11+/m0/s1. The van der Waals surface area contributed by atoms with E-state index in [0.717, 1.165) is 19.6 Å². The van der Waals surface area contributed by atoms with Crippen molar-refractivity contribution in [3.05, 3.63) is 0 Å². The number of likely N-dealkylation sites (N-methyl/N-ethyl adjacent to an activating group) is 1. The van der Waals surface area contributed by atoms with Crippen molar-refractivity contribution < 1.29 is 15.3 Å². The van der Waals surface area contributed by atoms with Crippen molar-refractivity contribution in [1.29, 1.82) is 0 Å². The molecule has 0 aliphatic carbocycles. The van der Waals surface area contributed by atoms with Crippen LogP contribution < -0.4 is 0 Å².